The van der Waals surface area contributed by atoms with E-state index in [2.05, 4.69) is 204 Å². The molecule has 0 aliphatic carbocycles. The molecule has 248 valence electrons. The van der Waals surface area contributed by atoms with Gasteiger partial charge in [-0.15, -0.1) is 0 Å². The molecule has 11 rings (SSSR count). The van der Waals surface area contributed by atoms with Crippen molar-refractivity contribution in [2.45, 2.75) is 0 Å². The summed E-state index contributed by atoms with van der Waals surface area (Å²) in [5.41, 5.74) is 10.8. The standard InChI is InChI=1S/C50H32N2O/c1-3-14-33(15-4-1)38-27-29-46(40-21-10-9-20-39(38)40)52(48-25-13-23-42-44-30-34-16-7-8-17-35(34)31-49(44)53-50(42)48)37-26-28-47-43(32-37)41-22-11-12-24-45(41)51(47)36-18-5-2-6-19-36/h1-32H. The molecule has 0 bridgehead atoms. The molecule has 0 atom stereocenters. The van der Waals surface area contributed by atoms with Crippen molar-refractivity contribution in [3.63, 3.8) is 0 Å². The molecule has 0 radical (unpaired) electrons. The SMILES string of the molecule is c1ccc(-c2ccc(N(c3ccc4c(c3)c3ccccc3n4-c3ccccc3)c3cccc4c3oc3cc5ccccc5cc34)c3ccccc23)cc1. The number of rotatable bonds is 5. The van der Waals surface area contributed by atoms with E-state index in [0.29, 0.717) is 0 Å². The monoisotopic (exact) mass is 676 g/mol. The summed E-state index contributed by atoms with van der Waals surface area (Å²) in [4.78, 5) is 2.40. The van der Waals surface area contributed by atoms with Crippen molar-refractivity contribution in [2.24, 2.45) is 0 Å². The molecule has 3 heteroatoms. The zero-order valence-electron chi connectivity index (χ0n) is 28.8. The lowest BCUT2D eigenvalue weighted by Crippen LogP contribution is -2.11. The van der Waals surface area contributed by atoms with E-state index in [-0.39, 0.29) is 0 Å². The highest BCUT2D eigenvalue weighted by Gasteiger charge is 2.23. The van der Waals surface area contributed by atoms with Crippen LogP contribution < -0.4 is 4.90 Å². The highest BCUT2D eigenvalue weighted by atomic mass is 16.3. The number of anilines is 3. The van der Waals surface area contributed by atoms with Gasteiger partial charge in [0.1, 0.15) is 5.58 Å². The topological polar surface area (TPSA) is 21.3 Å². The van der Waals surface area contributed by atoms with Gasteiger partial charge in [-0.2, -0.15) is 0 Å². The minimum Gasteiger partial charge on any atom is -0.454 e. The summed E-state index contributed by atoms with van der Waals surface area (Å²) in [6.45, 7) is 0. The van der Waals surface area contributed by atoms with Gasteiger partial charge in [0, 0.05) is 38.3 Å². The molecular weight excluding hydrogens is 645 g/mol. The van der Waals surface area contributed by atoms with Gasteiger partial charge < -0.3 is 13.9 Å². The lowest BCUT2D eigenvalue weighted by Gasteiger charge is -2.27. The molecular formula is C50H32N2O. The van der Waals surface area contributed by atoms with Crippen LogP contribution in [0.15, 0.2) is 199 Å². The summed E-state index contributed by atoms with van der Waals surface area (Å²) in [6.07, 6.45) is 0. The molecule has 0 saturated carbocycles. The number of nitrogens with zero attached hydrogens (tertiary/aromatic N) is 2. The van der Waals surface area contributed by atoms with Crippen molar-refractivity contribution in [1.29, 1.82) is 0 Å². The Kier molecular flexibility index (Phi) is 6.55. The van der Waals surface area contributed by atoms with Gasteiger partial charge in [-0.1, -0.05) is 133 Å². The molecule has 11 aromatic rings. The van der Waals surface area contributed by atoms with Crippen molar-refractivity contribution in [1.82, 2.24) is 4.57 Å². The molecule has 0 spiro atoms. The molecule has 53 heavy (non-hydrogen) atoms. The Morgan fingerprint density at radius 2 is 1.06 bits per heavy atom. The number of hydrogen-bond donors (Lipinski definition) is 0. The quantitative estimate of drug-likeness (QED) is 0.181. The largest absolute Gasteiger partial charge is 0.454 e. The normalized spacial score (nSPS) is 11.8. The lowest BCUT2D eigenvalue weighted by atomic mass is 9.96. The van der Waals surface area contributed by atoms with E-state index in [1.54, 1.807) is 0 Å². The van der Waals surface area contributed by atoms with Gasteiger partial charge in [0.25, 0.3) is 0 Å². The van der Waals surface area contributed by atoms with E-state index in [9.17, 15) is 0 Å². The van der Waals surface area contributed by atoms with Crippen LogP contribution in [0, 0.1) is 0 Å². The van der Waals surface area contributed by atoms with Gasteiger partial charge in [0.05, 0.1) is 22.4 Å². The smallest absolute Gasteiger partial charge is 0.159 e. The number of aromatic nitrogens is 1. The van der Waals surface area contributed by atoms with E-state index in [0.717, 1.165) is 44.7 Å². The maximum absolute atomic E-state index is 6.89. The predicted molar refractivity (Wildman–Crippen MR) is 223 cm³/mol. The zero-order valence-corrected chi connectivity index (χ0v) is 28.8. The average Bonchev–Trinajstić information content (AvgIpc) is 3.76. The number of furan rings is 1. The summed E-state index contributed by atoms with van der Waals surface area (Å²) in [6, 6.07) is 69.7. The van der Waals surface area contributed by atoms with E-state index in [1.165, 1.54) is 54.5 Å². The van der Waals surface area contributed by atoms with Gasteiger partial charge in [-0.05, 0) is 87.9 Å². The molecule has 0 aliphatic heterocycles. The second kappa shape index (κ2) is 11.7. The Balaban J connectivity index is 1.22. The first-order valence-corrected chi connectivity index (χ1v) is 18.1. The lowest BCUT2D eigenvalue weighted by molar-refractivity contribution is 0.669. The fourth-order valence-electron chi connectivity index (χ4n) is 8.36. The third-order valence-corrected chi connectivity index (χ3v) is 10.7. The first-order valence-electron chi connectivity index (χ1n) is 18.1. The summed E-state index contributed by atoms with van der Waals surface area (Å²) >= 11 is 0. The van der Waals surface area contributed by atoms with E-state index in [1.807, 2.05) is 0 Å². The van der Waals surface area contributed by atoms with Crippen LogP contribution in [0.5, 0.6) is 0 Å². The van der Waals surface area contributed by atoms with Gasteiger partial charge in [0.15, 0.2) is 5.58 Å². The minimum atomic E-state index is 0.862. The summed E-state index contributed by atoms with van der Waals surface area (Å²) in [7, 11) is 0. The Bertz CT molecular complexity index is 3170. The molecule has 2 aromatic heterocycles. The van der Waals surface area contributed by atoms with Crippen LogP contribution in [-0.4, -0.2) is 4.57 Å². The van der Waals surface area contributed by atoms with E-state index < -0.39 is 0 Å². The summed E-state index contributed by atoms with van der Waals surface area (Å²) in [5.74, 6) is 0. The molecule has 0 saturated heterocycles. The van der Waals surface area contributed by atoms with Crippen LogP contribution in [-0.2, 0) is 0 Å². The van der Waals surface area contributed by atoms with Crippen molar-refractivity contribution < 1.29 is 4.42 Å². The summed E-state index contributed by atoms with van der Waals surface area (Å²) < 4.78 is 9.26. The third-order valence-electron chi connectivity index (χ3n) is 10.7. The van der Waals surface area contributed by atoms with Crippen LogP contribution >= 0.6 is 0 Å². The molecule has 2 heterocycles. The average molecular weight is 677 g/mol. The molecule has 9 aromatic carbocycles. The molecule has 0 aliphatic rings. The van der Waals surface area contributed by atoms with Crippen LogP contribution in [0.2, 0.25) is 0 Å². The summed E-state index contributed by atoms with van der Waals surface area (Å²) in [5, 5.41) is 9.36. The number of para-hydroxylation sites is 3. The van der Waals surface area contributed by atoms with Gasteiger partial charge >= 0.3 is 0 Å². The van der Waals surface area contributed by atoms with Crippen LogP contribution in [0.3, 0.4) is 0 Å². The van der Waals surface area contributed by atoms with Crippen molar-refractivity contribution in [3.8, 4) is 16.8 Å². The maximum atomic E-state index is 6.89. The van der Waals surface area contributed by atoms with Crippen molar-refractivity contribution in [3.05, 3.63) is 194 Å². The Morgan fingerprint density at radius 3 is 1.89 bits per heavy atom. The van der Waals surface area contributed by atoms with Gasteiger partial charge in [0.2, 0.25) is 0 Å². The second-order valence-corrected chi connectivity index (χ2v) is 13.7. The minimum absolute atomic E-state index is 0.862. The Morgan fingerprint density at radius 1 is 0.396 bits per heavy atom. The van der Waals surface area contributed by atoms with Gasteiger partial charge in [-0.25, -0.2) is 0 Å². The number of benzene rings is 9. The fraction of sp³-hybridized carbons (Fsp3) is 0. The first kappa shape index (κ1) is 29.6. The highest BCUT2D eigenvalue weighted by Crippen LogP contribution is 2.47. The molecule has 0 fully saturated rings. The van der Waals surface area contributed by atoms with Gasteiger partial charge in [-0.3, -0.25) is 0 Å². The van der Waals surface area contributed by atoms with Crippen LogP contribution in [0.1, 0.15) is 0 Å². The second-order valence-electron chi connectivity index (χ2n) is 13.7. The number of hydrogen-bond acceptors (Lipinski definition) is 2. The van der Waals surface area contributed by atoms with Crippen LogP contribution in [0.4, 0.5) is 17.1 Å². The predicted octanol–water partition coefficient (Wildman–Crippen LogP) is 14.1. The van der Waals surface area contributed by atoms with Crippen LogP contribution in [0.25, 0.3) is 82.1 Å². The Hall–Kier alpha value is -7.10. The molecule has 3 nitrogen and oxygen atoms in total. The number of fused-ring (bicyclic) bond motifs is 8. The van der Waals surface area contributed by atoms with Crippen molar-refractivity contribution >= 4 is 82.4 Å². The van der Waals surface area contributed by atoms with Crippen molar-refractivity contribution in [2.75, 3.05) is 4.90 Å². The molecule has 0 unspecified atom stereocenters. The molecule has 0 amide bonds. The highest BCUT2D eigenvalue weighted by molar-refractivity contribution is 6.16. The zero-order chi connectivity index (χ0) is 34.9. The van der Waals surface area contributed by atoms with E-state index >= 15 is 0 Å². The Labute approximate surface area is 306 Å². The van der Waals surface area contributed by atoms with E-state index in [4.69, 9.17) is 4.42 Å². The molecule has 0 N–H and O–H groups in total. The third kappa shape index (κ3) is 4.61. The maximum Gasteiger partial charge on any atom is 0.159 e. The first-order chi connectivity index (χ1) is 26.3. The fourth-order valence-corrected chi connectivity index (χ4v) is 8.36.